The average molecular weight is 341 g/mol. The molecule has 0 spiro atoms. The first kappa shape index (κ1) is 14.2. The summed E-state index contributed by atoms with van der Waals surface area (Å²) < 4.78 is 18.8. The second-order valence-electron chi connectivity index (χ2n) is 3.84. The van der Waals surface area contributed by atoms with Crippen LogP contribution in [0.4, 0.5) is 4.39 Å². The zero-order chi connectivity index (χ0) is 14.7. The van der Waals surface area contributed by atoms with Crippen LogP contribution in [0.5, 0.6) is 11.8 Å². The van der Waals surface area contributed by atoms with Crippen LogP contribution >= 0.6 is 15.9 Å². The Morgan fingerprint density at radius 3 is 2.80 bits per heavy atom. The Labute approximate surface area is 122 Å². The third-order valence-electron chi connectivity index (χ3n) is 2.30. The number of halogens is 2. The summed E-state index contributed by atoms with van der Waals surface area (Å²) >= 11 is 3.05. The molecule has 0 unspecified atom stereocenters. The smallest absolute Gasteiger partial charge is 0.322 e. The molecule has 0 aliphatic heterocycles. The predicted octanol–water partition coefficient (Wildman–Crippen LogP) is 2.57. The summed E-state index contributed by atoms with van der Waals surface area (Å²) in [4.78, 5) is 8.06. The molecule has 0 amide bonds. The summed E-state index contributed by atoms with van der Waals surface area (Å²) in [6.07, 6.45) is 0. The van der Waals surface area contributed by atoms with Gasteiger partial charge in [0.1, 0.15) is 17.3 Å². The fraction of sp³-hybridized carbons (Fsp3) is 0.0833. The molecule has 2 aromatic rings. The molecule has 0 aliphatic rings. The van der Waals surface area contributed by atoms with Gasteiger partial charge in [0, 0.05) is 5.69 Å². The van der Waals surface area contributed by atoms with Crippen LogP contribution in [0.2, 0.25) is 0 Å². The third kappa shape index (κ3) is 3.21. The van der Waals surface area contributed by atoms with Crippen molar-refractivity contribution in [3.8, 4) is 11.8 Å². The van der Waals surface area contributed by atoms with E-state index in [1.807, 2.05) is 0 Å². The van der Waals surface area contributed by atoms with Crippen molar-refractivity contribution in [3.05, 3.63) is 45.9 Å². The quantitative estimate of drug-likeness (QED) is 0.387. The summed E-state index contributed by atoms with van der Waals surface area (Å²) in [7, 11) is 0. The normalized spacial score (nSPS) is 11.4. The maximum absolute atomic E-state index is 13.1. The number of rotatable bonds is 3. The number of nitrogens with two attached hydrogens (primary N) is 1. The molecular formula is C12H10BrFN4O2. The highest BCUT2D eigenvalue weighted by Gasteiger charge is 2.09. The number of hydrogen-bond acceptors (Lipinski definition) is 5. The van der Waals surface area contributed by atoms with Gasteiger partial charge in [0.05, 0.1) is 4.47 Å². The van der Waals surface area contributed by atoms with Crippen LogP contribution in [0, 0.1) is 12.7 Å². The molecule has 6 nitrogen and oxygen atoms in total. The Hall–Kier alpha value is -2.22. The van der Waals surface area contributed by atoms with E-state index in [1.54, 1.807) is 13.0 Å². The Morgan fingerprint density at radius 1 is 1.40 bits per heavy atom. The highest BCUT2D eigenvalue weighted by Crippen LogP contribution is 2.24. The molecule has 1 aromatic carbocycles. The van der Waals surface area contributed by atoms with Gasteiger partial charge in [-0.3, -0.25) is 0 Å². The molecule has 1 aromatic heterocycles. The van der Waals surface area contributed by atoms with Crippen molar-refractivity contribution in [1.82, 2.24) is 9.97 Å². The number of ether oxygens (including phenoxy) is 1. The Morgan fingerprint density at radius 2 is 2.15 bits per heavy atom. The summed E-state index contributed by atoms with van der Waals surface area (Å²) in [6.45, 7) is 1.71. The van der Waals surface area contributed by atoms with Crippen LogP contribution in [-0.4, -0.2) is 21.0 Å². The maximum Gasteiger partial charge on any atom is 0.322 e. The van der Waals surface area contributed by atoms with Gasteiger partial charge >= 0.3 is 6.01 Å². The van der Waals surface area contributed by atoms with E-state index in [4.69, 9.17) is 15.7 Å². The van der Waals surface area contributed by atoms with Crippen molar-refractivity contribution in [2.75, 3.05) is 0 Å². The summed E-state index contributed by atoms with van der Waals surface area (Å²) in [6, 6.07) is 5.70. The van der Waals surface area contributed by atoms with Gasteiger partial charge in [0.15, 0.2) is 5.84 Å². The van der Waals surface area contributed by atoms with Crippen molar-refractivity contribution in [3.63, 3.8) is 0 Å². The molecule has 0 saturated carbocycles. The zero-order valence-corrected chi connectivity index (χ0v) is 11.9. The van der Waals surface area contributed by atoms with Gasteiger partial charge in [-0.05, 0) is 47.1 Å². The number of benzene rings is 1. The number of amidine groups is 1. The fourth-order valence-corrected chi connectivity index (χ4v) is 1.77. The van der Waals surface area contributed by atoms with Gasteiger partial charge in [-0.1, -0.05) is 5.16 Å². The molecular weight excluding hydrogens is 331 g/mol. The number of nitrogens with zero attached hydrogens (tertiary/aromatic N) is 3. The van der Waals surface area contributed by atoms with Gasteiger partial charge in [-0.15, -0.1) is 0 Å². The Balaban J connectivity index is 2.33. The van der Waals surface area contributed by atoms with Crippen molar-refractivity contribution in [2.24, 2.45) is 10.9 Å². The number of aryl methyl sites for hydroxylation is 1. The molecule has 0 atom stereocenters. The SMILES string of the molecule is Cc1cc(/C(N)=N/O)nc(Oc2ccc(F)c(Br)c2)n1. The molecule has 0 fully saturated rings. The molecule has 2 rings (SSSR count). The molecule has 1 heterocycles. The van der Waals surface area contributed by atoms with E-state index in [-0.39, 0.29) is 22.0 Å². The Kier molecular flexibility index (Phi) is 4.14. The van der Waals surface area contributed by atoms with E-state index in [0.717, 1.165) is 0 Å². The van der Waals surface area contributed by atoms with E-state index in [0.29, 0.717) is 11.4 Å². The highest BCUT2D eigenvalue weighted by atomic mass is 79.9. The highest BCUT2D eigenvalue weighted by molar-refractivity contribution is 9.10. The van der Waals surface area contributed by atoms with Crippen molar-refractivity contribution >= 4 is 21.8 Å². The van der Waals surface area contributed by atoms with Gasteiger partial charge in [0.2, 0.25) is 0 Å². The number of hydrogen-bond donors (Lipinski definition) is 2. The lowest BCUT2D eigenvalue weighted by molar-refractivity contribution is 0.318. The first-order valence-electron chi connectivity index (χ1n) is 5.46. The number of oxime groups is 1. The van der Waals surface area contributed by atoms with E-state index in [1.165, 1.54) is 18.2 Å². The van der Waals surface area contributed by atoms with Gasteiger partial charge < -0.3 is 15.7 Å². The second-order valence-corrected chi connectivity index (χ2v) is 4.69. The average Bonchev–Trinajstić information content (AvgIpc) is 2.41. The minimum absolute atomic E-state index is 0.0186. The van der Waals surface area contributed by atoms with E-state index in [9.17, 15) is 4.39 Å². The monoisotopic (exact) mass is 340 g/mol. The molecule has 8 heteroatoms. The summed E-state index contributed by atoms with van der Waals surface area (Å²) in [5.41, 5.74) is 6.28. The van der Waals surface area contributed by atoms with E-state index in [2.05, 4.69) is 31.1 Å². The van der Waals surface area contributed by atoms with Crippen LogP contribution in [-0.2, 0) is 0 Å². The lowest BCUT2D eigenvalue weighted by atomic mass is 10.3. The van der Waals surface area contributed by atoms with E-state index < -0.39 is 5.82 Å². The number of aromatic nitrogens is 2. The molecule has 0 saturated heterocycles. The van der Waals surface area contributed by atoms with Crippen molar-refractivity contribution in [2.45, 2.75) is 6.92 Å². The summed E-state index contributed by atoms with van der Waals surface area (Å²) in [5, 5.41) is 11.5. The van der Waals surface area contributed by atoms with Crippen molar-refractivity contribution < 1.29 is 14.3 Å². The first-order chi connectivity index (χ1) is 9.49. The molecule has 0 aliphatic carbocycles. The van der Waals surface area contributed by atoms with Crippen molar-refractivity contribution in [1.29, 1.82) is 0 Å². The lowest BCUT2D eigenvalue weighted by Crippen LogP contribution is -2.16. The summed E-state index contributed by atoms with van der Waals surface area (Å²) in [5.74, 6) is -0.199. The standard InChI is InChI=1S/C12H10BrFN4O2/c1-6-4-10(11(15)18-19)17-12(16-6)20-7-2-3-9(14)8(13)5-7/h2-5,19H,1H3,(H2,15,18). The topological polar surface area (TPSA) is 93.6 Å². The molecule has 3 N–H and O–H groups in total. The minimum atomic E-state index is -0.403. The molecule has 104 valence electrons. The fourth-order valence-electron chi connectivity index (χ4n) is 1.42. The van der Waals surface area contributed by atoms with Gasteiger partial charge in [-0.2, -0.15) is 4.98 Å². The first-order valence-corrected chi connectivity index (χ1v) is 6.25. The lowest BCUT2D eigenvalue weighted by Gasteiger charge is -2.07. The maximum atomic E-state index is 13.1. The molecule has 0 radical (unpaired) electrons. The van der Waals surface area contributed by atoms with Crippen LogP contribution in [0.3, 0.4) is 0 Å². The van der Waals surface area contributed by atoms with Crippen LogP contribution in [0.25, 0.3) is 0 Å². The van der Waals surface area contributed by atoms with Crippen LogP contribution < -0.4 is 10.5 Å². The minimum Gasteiger partial charge on any atom is -0.424 e. The van der Waals surface area contributed by atoms with Gasteiger partial charge in [-0.25, -0.2) is 9.37 Å². The molecule has 0 bridgehead atoms. The van der Waals surface area contributed by atoms with Crippen LogP contribution in [0.15, 0.2) is 33.9 Å². The zero-order valence-electron chi connectivity index (χ0n) is 10.3. The van der Waals surface area contributed by atoms with E-state index >= 15 is 0 Å². The largest absolute Gasteiger partial charge is 0.424 e. The van der Waals surface area contributed by atoms with Crippen LogP contribution in [0.1, 0.15) is 11.4 Å². The second kappa shape index (κ2) is 5.83. The van der Waals surface area contributed by atoms with Gasteiger partial charge in [0.25, 0.3) is 0 Å². The molecule has 20 heavy (non-hydrogen) atoms. The Bertz CT molecular complexity index is 679. The predicted molar refractivity (Wildman–Crippen MR) is 73.5 cm³/mol. The third-order valence-corrected chi connectivity index (χ3v) is 2.91.